The zero-order chi connectivity index (χ0) is 29.7. The van der Waals surface area contributed by atoms with E-state index in [1.165, 1.54) is 33.9 Å². The summed E-state index contributed by atoms with van der Waals surface area (Å²) < 4.78 is 0. The maximum atomic E-state index is 10.2. The molecule has 0 spiro atoms. The number of benzene rings is 1. The third kappa shape index (κ3) is 6.64. The van der Waals surface area contributed by atoms with E-state index in [1.54, 1.807) is 11.1 Å². The minimum atomic E-state index is 0.0139. The number of anilines is 1. The van der Waals surface area contributed by atoms with Crippen LogP contribution in [-0.4, -0.2) is 66.8 Å². The van der Waals surface area contributed by atoms with Crippen molar-refractivity contribution in [2.75, 3.05) is 50.8 Å². The van der Waals surface area contributed by atoms with Crippen molar-refractivity contribution in [1.82, 2.24) is 15.1 Å². The lowest BCUT2D eigenvalue weighted by Gasteiger charge is -2.49. The van der Waals surface area contributed by atoms with Gasteiger partial charge in [-0.25, -0.2) is 0 Å². The Morgan fingerprint density at radius 3 is 2.52 bits per heavy atom. The second-order valence-electron chi connectivity index (χ2n) is 13.1. The van der Waals surface area contributed by atoms with Gasteiger partial charge in [0.25, 0.3) is 0 Å². The normalized spacial score (nSPS) is 24.3. The average Bonchev–Trinajstić information content (AvgIpc) is 3.85. The topological polar surface area (TPSA) is 51.9 Å². The van der Waals surface area contributed by atoms with Gasteiger partial charge < -0.3 is 15.3 Å². The summed E-state index contributed by atoms with van der Waals surface area (Å²) in [5.74, 6) is 1.40. The van der Waals surface area contributed by atoms with Gasteiger partial charge in [0.05, 0.1) is 5.69 Å². The highest BCUT2D eigenvalue weighted by Crippen LogP contribution is 2.47. The highest BCUT2D eigenvalue weighted by atomic mass is 16.3. The Kier molecular flexibility index (Phi) is 10.1. The summed E-state index contributed by atoms with van der Waals surface area (Å²) in [5, 5.41) is 13.9. The van der Waals surface area contributed by atoms with Crippen LogP contribution in [-0.2, 0) is 0 Å². The highest BCUT2D eigenvalue weighted by molar-refractivity contribution is 5.73. The van der Waals surface area contributed by atoms with Gasteiger partial charge in [0.15, 0.2) is 0 Å². The maximum absolute atomic E-state index is 10.2. The molecule has 3 saturated heterocycles. The predicted octanol–water partition coefficient (Wildman–Crippen LogP) is 7.08. The van der Waals surface area contributed by atoms with Crippen LogP contribution in [0.5, 0.6) is 0 Å². The van der Waals surface area contributed by atoms with Gasteiger partial charge in [-0.3, -0.25) is 9.80 Å². The molecule has 4 heterocycles. The van der Waals surface area contributed by atoms with Crippen LogP contribution in [0.25, 0.3) is 0 Å². The molecule has 1 unspecified atom stereocenters. The molecule has 4 aliphatic rings. The van der Waals surface area contributed by atoms with E-state index in [4.69, 9.17) is 0 Å². The maximum Gasteiger partial charge on any atom is 0.118 e. The van der Waals surface area contributed by atoms with Gasteiger partial charge in [0.2, 0.25) is 0 Å². The Morgan fingerprint density at radius 2 is 1.88 bits per heavy atom. The molecule has 0 bridgehead atoms. The lowest BCUT2D eigenvalue weighted by atomic mass is 9.80. The Hall–Kier alpha value is -2.60. The quantitative estimate of drug-likeness (QED) is 0.220. The lowest BCUT2D eigenvalue weighted by molar-refractivity contribution is 0.0698. The number of hydrogen-bond acceptors (Lipinski definition) is 5. The van der Waals surface area contributed by atoms with E-state index in [0.717, 1.165) is 84.2 Å². The van der Waals surface area contributed by atoms with Gasteiger partial charge in [-0.1, -0.05) is 75.3 Å². The predicted molar refractivity (Wildman–Crippen MR) is 177 cm³/mol. The number of para-hydroxylation sites is 1. The summed E-state index contributed by atoms with van der Waals surface area (Å²) in [6.45, 7) is 17.7. The number of aliphatic hydroxyl groups excluding tert-OH is 1. The molecule has 228 valence electrons. The first-order chi connectivity index (χ1) is 20.4. The van der Waals surface area contributed by atoms with Crippen molar-refractivity contribution < 1.29 is 5.11 Å². The van der Waals surface area contributed by atoms with Crippen molar-refractivity contribution in [2.45, 2.75) is 85.6 Å². The second-order valence-corrected chi connectivity index (χ2v) is 13.1. The van der Waals surface area contributed by atoms with Crippen LogP contribution in [0.1, 0.15) is 78.2 Å². The summed E-state index contributed by atoms with van der Waals surface area (Å²) in [4.78, 5) is 8.01. The van der Waals surface area contributed by atoms with Crippen molar-refractivity contribution >= 4 is 5.69 Å². The number of piperidine rings is 2. The molecule has 5 rings (SSSR count). The van der Waals surface area contributed by atoms with Crippen molar-refractivity contribution in [3.05, 3.63) is 87.9 Å². The summed E-state index contributed by atoms with van der Waals surface area (Å²) in [6.07, 6.45) is 16.9. The van der Waals surface area contributed by atoms with E-state index in [-0.39, 0.29) is 12.0 Å². The van der Waals surface area contributed by atoms with E-state index in [2.05, 4.69) is 103 Å². The van der Waals surface area contributed by atoms with Gasteiger partial charge in [0, 0.05) is 63.2 Å². The molecule has 5 heteroatoms. The zero-order valence-electron chi connectivity index (χ0n) is 26.9. The summed E-state index contributed by atoms with van der Waals surface area (Å²) >= 11 is 0. The Bertz CT molecular complexity index is 1260. The Labute approximate surface area is 255 Å². The summed E-state index contributed by atoms with van der Waals surface area (Å²) in [5.41, 5.74) is 10.1. The van der Waals surface area contributed by atoms with Crippen LogP contribution >= 0.6 is 0 Å². The Morgan fingerprint density at radius 1 is 1.12 bits per heavy atom. The molecule has 0 aliphatic carbocycles. The summed E-state index contributed by atoms with van der Waals surface area (Å²) in [7, 11) is 0. The summed E-state index contributed by atoms with van der Waals surface area (Å²) in [6, 6.07) is 9.39. The molecule has 0 amide bonds. The SMILES string of the molecule is C/C=C(\C=C/CC)CCN1CCC2=C(C3CN3)/C(=C\CCC)N(c3ccccc3C)C(N3CCC(C)(CO)CC3)=C2C1. The number of nitrogens with zero attached hydrogens (tertiary/aromatic N) is 3. The molecule has 4 aliphatic heterocycles. The molecule has 1 aromatic carbocycles. The number of likely N-dealkylation sites (tertiary alicyclic amines) is 2. The van der Waals surface area contributed by atoms with E-state index in [0.29, 0.717) is 6.04 Å². The molecule has 0 radical (unpaired) electrons. The highest BCUT2D eigenvalue weighted by Gasteiger charge is 2.43. The van der Waals surface area contributed by atoms with Gasteiger partial charge in [-0.2, -0.15) is 0 Å². The third-order valence-electron chi connectivity index (χ3n) is 9.79. The monoisotopic (exact) mass is 570 g/mol. The lowest BCUT2D eigenvalue weighted by Crippen LogP contribution is -2.49. The molecule has 42 heavy (non-hydrogen) atoms. The fourth-order valence-corrected chi connectivity index (χ4v) is 6.86. The van der Waals surface area contributed by atoms with Gasteiger partial charge in [-0.15, -0.1) is 0 Å². The van der Waals surface area contributed by atoms with E-state index < -0.39 is 0 Å². The molecule has 3 fully saturated rings. The van der Waals surface area contributed by atoms with Crippen LogP contribution in [0.2, 0.25) is 0 Å². The van der Waals surface area contributed by atoms with E-state index in [1.807, 2.05) is 0 Å². The van der Waals surface area contributed by atoms with Gasteiger partial charge in [0.1, 0.15) is 5.82 Å². The largest absolute Gasteiger partial charge is 0.396 e. The fraction of sp³-hybridized carbons (Fsp3) is 0.568. The minimum absolute atomic E-state index is 0.0139. The number of allylic oxidation sites excluding steroid dienone is 4. The zero-order valence-corrected chi connectivity index (χ0v) is 26.9. The van der Waals surface area contributed by atoms with E-state index >= 15 is 0 Å². The first-order valence-corrected chi connectivity index (χ1v) is 16.6. The number of aryl methyl sites for hydroxylation is 1. The molecule has 1 aromatic rings. The average molecular weight is 571 g/mol. The molecule has 0 saturated carbocycles. The number of nitrogens with one attached hydrogen (secondary N) is 1. The first kappa shape index (κ1) is 30.8. The van der Waals surface area contributed by atoms with Crippen LogP contribution in [0.15, 0.2) is 82.4 Å². The molecule has 0 aromatic heterocycles. The van der Waals surface area contributed by atoms with Crippen LogP contribution < -0.4 is 10.2 Å². The molecule has 1 atom stereocenters. The second kappa shape index (κ2) is 13.8. The first-order valence-electron chi connectivity index (χ1n) is 16.6. The molecular formula is C37H54N4O. The van der Waals surface area contributed by atoms with E-state index in [9.17, 15) is 5.11 Å². The number of hydrogen-bond donors (Lipinski definition) is 2. The van der Waals surface area contributed by atoms with Crippen molar-refractivity contribution in [1.29, 1.82) is 0 Å². The number of unbranched alkanes of at least 4 members (excludes halogenated alkanes) is 1. The van der Waals surface area contributed by atoms with Crippen LogP contribution in [0, 0.1) is 12.3 Å². The van der Waals surface area contributed by atoms with Gasteiger partial charge >= 0.3 is 0 Å². The molecular weight excluding hydrogens is 516 g/mol. The van der Waals surface area contributed by atoms with Crippen molar-refractivity contribution in [2.24, 2.45) is 5.41 Å². The smallest absolute Gasteiger partial charge is 0.118 e. The number of rotatable bonds is 11. The third-order valence-corrected chi connectivity index (χ3v) is 9.79. The minimum Gasteiger partial charge on any atom is -0.396 e. The van der Waals surface area contributed by atoms with Crippen LogP contribution in [0.4, 0.5) is 5.69 Å². The number of aliphatic hydroxyl groups is 1. The van der Waals surface area contributed by atoms with Crippen molar-refractivity contribution in [3.8, 4) is 0 Å². The molecule has 2 N–H and O–H groups in total. The van der Waals surface area contributed by atoms with Crippen LogP contribution in [0.3, 0.4) is 0 Å². The van der Waals surface area contributed by atoms with Crippen molar-refractivity contribution in [3.63, 3.8) is 0 Å². The Balaban J connectivity index is 1.61. The van der Waals surface area contributed by atoms with Gasteiger partial charge in [-0.05, 0) is 80.6 Å². The molecule has 5 nitrogen and oxygen atoms in total. The fourth-order valence-electron chi connectivity index (χ4n) is 6.86. The number of fused-ring (bicyclic) bond motifs is 1. The standard InChI is InChI=1S/C37H54N4O/c1-6-9-14-29(8-3)17-21-39-22-18-30-31(26-39)36(40-23-19-37(5,27-42)20-24-40)41(33-16-12-11-13-28(33)4)34(15-10-7-2)35(30)32-25-38-32/h8-9,11-16,32,38,42H,6-7,10,17-27H2,1-5H3/b14-9-,29-8+,34-15+.